The van der Waals surface area contributed by atoms with E-state index >= 15 is 0 Å². The lowest BCUT2D eigenvalue weighted by molar-refractivity contribution is 0.0741. The third kappa shape index (κ3) is 5.02. The summed E-state index contributed by atoms with van der Waals surface area (Å²) in [6.07, 6.45) is 2.10. The Morgan fingerprint density at radius 1 is 1.03 bits per heavy atom. The Labute approximate surface area is 212 Å². The molecule has 192 valence electrons. The smallest absolute Gasteiger partial charge is 0.290 e. The summed E-state index contributed by atoms with van der Waals surface area (Å²) < 4.78 is 36.4. The molecular weight excluding hydrogens is 476 g/mol. The molecule has 0 spiro atoms. The summed E-state index contributed by atoms with van der Waals surface area (Å²) in [6, 6.07) is 14.2. The lowest BCUT2D eigenvalue weighted by Gasteiger charge is -2.34. The number of sulfone groups is 1. The fourth-order valence-corrected chi connectivity index (χ4v) is 6.35. The van der Waals surface area contributed by atoms with Crippen molar-refractivity contribution in [2.24, 2.45) is 0 Å². The van der Waals surface area contributed by atoms with Crippen molar-refractivity contribution >= 4 is 26.7 Å². The van der Waals surface area contributed by atoms with E-state index in [1.165, 1.54) is 0 Å². The van der Waals surface area contributed by atoms with Crippen LogP contribution in [0.15, 0.2) is 46.9 Å². The van der Waals surface area contributed by atoms with E-state index in [0.29, 0.717) is 11.6 Å². The van der Waals surface area contributed by atoms with Gasteiger partial charge in [-0.1, -0.05) is 30.3 Å². The van der Waals surface area contributed by atoms with Crippen molar-refractivity contribution < 1.29 is 22.4 Å². The van der Waals surface area contributed by atoms with Crippen molar-refractivity contribution in [3.8, 4) is 16.9 Å². The molecule has 0 bridgehead atoms. The van der Waals surface area contributed by atoms with Crippen molar-refractivity contribution in [3.05, 3.63) is 53.8 Å². The molecule has 1 amide bonds. The molecule has 3 aromatic rings. The zero-order chi connectivity index (χ0) is 25.4. The molecular formula is C28H34N2O5S. The molecule has 2 aliphatic heterocycles. The van der Waals surface area contributed by atoms with Gasteiger partial charge < -0.3 is 19.0 Å². The predicted octanol–water partition coefficient (Wildman–Crippen LogP) is 4.53. The van der Waals surface area contributed by atoms with Crippen LogP contribution in [0.25, 0.3) is 22.1 Å². The highest BCUT2D eigenvalue weighted by Crippen LogP contribution is 2.39. The second-order valence-electron chi connectivity index (χ2n) is 10.2. The van der Waals surface area contributed by atoms with Gasteiger partial charge in [-0.3, -0.25) is 4.79 Å². The number of likely N-dealkylation sites (tertiary alicyclic amines) is 1. The number of amides is 1. The third-order valence-corrected chi connectivity index (χ3v) is 8.98. The molecule has 0 unspecified atom stereocenters. The summed E-state index contributed by atoms with van der Waals surface area (Å²) >= 11 is 0. The molecule has 0 aliphatic carbocycles. The average Bonchev–Trinajstić information content (AvgIpc) is 3.22. The molecule has 3 heterocycles. The van der Waals surface area contributed by atoms with Gasteiger partial charge in [-0.05, 0) is 50.8 Å². The fraction of sp³-hybridized carbons (Fsp3) is 0.464. The van der Waals surface area contributed by atoms with E-state index < -0.39 is 9.84 Å². The number of aryl methyl sites for hydroxylation is 1. The molecule has 0 saturated carbocycles. The number of fused-ring (bicyclic) bond motifs is 1. The maximum Gasteiger partial charge on any atom is 0.290 e. The Morgan fingerprint density at radius 2 is 1.69 bits per heavy atom. The SMILES string of the molecule is Cc1cc2c(-c3ccccc3)c(C(=O)N3CCS(=O)(=O)CC3)oc2cc1OC1CCN(C(C)C)CC1. The monoisotopic (exact) mass is 510 g/mol. The van der Waals surface area contributed by atoms with Gasteiger partial charge >= 0.3 is 0 Å². The van der Waals surface area contributed by atoms with Crippen molar-refractivity contribution in [2.45, 2.75) is 45.8 Å². The molecule has 0 N–H and O–H groups in total. The van der Waals surface area contributed by atoms with Gasteiger partial charge in [0.2, 0.25) is 5.76 Å². The molecule has 0 radical (unpaired) electrons. The summed E-state index contributed by atoms with van der Waals surface area (Å²) in [6.45, 7) is 8.87. The van der Waals surface area contributed by atoms with E-state index in [1.807, 2.05) is 49.4 Å². The van der Waals surface area contributed by atoms with Gasteiger partial charge in [-0.15, -0.1) is 0 Å². The quantitative estimate of drug-likeness (QED) is 0.502. The van der Waals surface area contributed by atoms with E-state index in [-0.39, 0.29) is 42.4 Å². The van der Waals surface area contributed by atoms with E-state index in [2.05, 4.69) is 18.7 Å². The number of hydrogen-bond donors (Lipinski definition) is 0. The summed E-state index contributed by atoms with van der Waals surface area (Å²) in [5.41, 5.74) is 3.22. The largest absolute Gasteiger partial charge is 0.490 e. The molecule has 2 aliphatic rings. The van der Waals surface area contributed by atoms with Gasteiger partial charge in [0.05, 0.1) is 11.5 Å². The predicted molar refractivity (Wildman–Crippen MR) is 141 cm³/mol. The van der Waals surface area contributed by atoms with Crippen LogP contribution in [0.2, 0.25) is 0 Å². The minimum atomic E-state index is -3.10. The van der Waals surface area contributed by atoms with Crippen LogP contribution in [0.4, 0.5) is 0 Å². The van der Waals surface area contributed by atoms with E-state index in [9.17, 15) is 13.2 Å². The minimum absolute atomic E-state index is 0.0215. The summed E-state index contributed by atoms with van der Waals surface area (Å²) in [5.74, 6) is 0.707. The van der Waals surface area contributed by atoms with Gasteiger partial charge in [0.15, 0.2) is 9.84 Å². The van der Waals surface area contributed by atoms with Crippen LogP contribution >= 0.6 is 0 Å². The number of carbonyl (C=O) groups is 1. The van der Waals surface area contributed by atoms with Crippen molar-refractivity contribution in [3.63, 3.8) is 0 Å². The molecule has 2 saturated heterocycles. The standard InChI is InChI=1S/C28H34N2O5S/c1-19(2)29-11-9-22(10-12-29)34-24-18-25-23(17-20(24)3)26(21-7-5-4-6-8-21)27(35-25)28(31)30-13-15-36(32,33)16-14-30/h4-8,17-19,22H,9-16H2,1-3H3. The Morgan fingerprint density at radius 3 is 2.33 bits per heavy atom. The number of furan rings is 1. The molecule has 5 rings (SSSR count). The van der Waals surface area contributed by atoms with Crippen molar-refractivity contribution in [2.75, 3.05) is 37.7 Å². The Bertz CT molecular complexity index is 1340. The number of ether oxygens (including phenoxy) is 1. The van der Waals surface area contributed by atoms with Crippen LogP contribution in [0.1, 0.15) is 42.8 Å². The zero-order valence-electron chi connectivity index (χ0n) is 21.2. The van der Waals surface area contributed by atoms with Gasteiger partial charge in [0.25, 0.3) is 5.91 Å². The van der Waals surface area contributed by atoms with Gasteiger partial charge in [-0.25, -0.2) is 8.42 Å². The Balaban J connectivity index is 1.48. The van der Waals surface area contributed by atoms with Crippen molar-refractivity contribution in [1.82, 2.24) is 9.80 Å². The van der Waals surface area contributed by atoms with Crippen LogP contribution in [-0.2, 0) is 9.84 Å². The second kappa shape index (κ2) is 9.90. The van der Waals surface area contributed by atoms with Gasteiger partial charge in [0, 0.05) is 49.2 Å². The van der Waals surface area contributed by atoms with E-state index in [1.54, 1.807) is 4.90 Å². The summed E-state index contributed by atoms with van der Waals surface area (Å²) in [5, 5.41) is 0.855. The highest BCUT2D eigenvalue weighted by Gasteiger charge is 2.31. The molecule has 2 aromatic carbocycles. The van der Waals surface area contributed by atoms with Crippen LogP contribution < -0.4 is 4.74 Å². The number of carbonyl (C=O) groups excluding carboxylic acids is 1. The number of nitrogens with zero attached hydrogens (tertiary/aromatic N) is 2. The number of piperidine rings is 1. The van der Waals surface area contributed by atoms with Gasteiger partial charge in [-0.2, -0.15) is 0 Å². The molecule has 8 heteroatoms. The summed E-state index contributed by atoms with van der Waals surface area (Å²) in [7, 11) is -3.10. The van der Waals surface area contributed by atoms with Gasteiger partial charge in [0.1, 0.15) is 17.4 Å². The number of rotatable bonds is 5. The highest BCUT2D eigenvalue weighted by molar-refractivity contribution is 7.91. The van der Waals surface area contributed by atoms with E-state index in [0.717, 1.165) is 53.8 Å². The normalized spacial score (nSPS) is 19.2. The van der Waals surface area contributed by atoms with Crippen molar-refractivity contribution in [1.29, 1.82) is 0 Å². The Hall–Kier alpha value is -2.84. The number of benzene rings is 2. The van der Waals surface area contributed by atoms with Crippen LogP contribution in [0.5, 0.6) is 5.75 Å². The summed E-state index contributed by atoms with van der Waals surface area (Å²) in [4.78, 5) is 17.6. The van der Waals surface area contributed by atoms with Crippen LogP contribution in [0.3, 0.4) is 0 Å². The molecule has 1 aromatic heterocycles. The zero-order valence-corrected chi connectivity index (χ0v) is 22.0. The molecule has 7 nitrogen and oxygen atoms in total. The second-order valence-corrected chi connectivity index (χ2v) is 12.5. The van der Waals surface area contributed by atoms with Crippen LogP contribution in [-0.4, -0.2) is 74.0 Å². The average molecular weight is 511 g/mol. The lowest BCUT2D eigenvalue weighted by Crippen LogP contribution is -2.43. The minimum Gasteiger partial charge on any atom is -0.490 e. The van der Waals surface area contributed by atoms with E-state index in [4.69, 9.17) is 9.15 Å². The first-order valence-corrected chi connectivity index (χ1v) is 14.6. The fourth-order valence-electron chi connectivity index (χ4n) is 5.15. The first-order chi connectivity index (χ1) is 17.2. The molecule has 36 heavy (non-hydrogen) atoms. The highest BCUT2D eigenvalue weighted by atomic mass is 32.2. The third-order valence-electron chi connectivity index (χ3n) is 7.37. The van der Waals surface area contributed by atoms with Crippen LogP contribution in [0, 0.1) is 6.92 Å². The first kappa shape index (κ1) is 24.8. The number of hydrogen-bond acceptors (Lipinski definition) is 6. The molecule has 2 fully saturated rings. The lowest BCUT2D eigenvalue weighted by atomic mass is 9.99. The first-order valence-electron chi connectivity index (χ1n) is 12.7. The Kier molecular flexibility index (Phi) is 6.83. The maximum absolute atomic E-state index is 13.5. The topological polar surface area (TPSA) is 80.1 Å². The molecule has 0 atom stereocenters. The maximum atomic E-state index is 13.5.